The second-order valence-corrected chi connectivity index (χ2v) is 5.50. The quantitative estimate of drug-likeness (QED) is 0.614. The average molecular weight is 378 g/mol. The Bertz CT molecular complexity index is 848. The molecule has 0 bridgehead atoms. The molecule has 2 aromatic rings. The number of hydrazone groups is 1. The summed E-state index contributed by atoms with van der Waals surface area (Å²) in [5, 5.41) is 13.1. The van der Waals surface area contributed by atoms with Crippen molar-refractivity contribution in [1.82, 2.24) is 5.43 Å². The van der Waals surface area contributed by atoms with E-state index in [0.717, 1.165) is 0 Å². The van der Waals surface area contributed by atoms with Crippen molar-refractivity contribution >= 4 is 35.3 Å². The molecular formula is C17H13Cl2N3O3. The molecule has 0 saturated carbocycles. The van der Waals surface area contributed by atoms with E-state index < -0.39 is 5.91 Å². The zero-order valence-electron chi connectivity index (χ0n) is 13.1. The molecule has 2 rings (SSSR count). The van der Waals surface area contributed by atoms with Crippen LogP contribution in [-0.2, 0) is 0 Å². The predicted octanol–water partition coefficient (Wildman–Crippen LogP) is 3.67. The molecule has 128 valence electrons. The van der Waals surface area contributed by atoms with Crippen molar-refractivity contribution in [3.8, 4) is 17.6 Å². The highest BCUT2D eigenvalue weighted by Crippen LogP contribution is 2.27. The summed E-state index contributed by atoms with van der Waals surface area (Å²) >= 11 is 11.7. The highest BCUT2D eigenvalue weighted by Gasteiger charge is 2.07. The number of carbonyl (C=O) groups is 1. The lowest BCUT2D eigenvalue weighted by Gasteiger charge is -2.08. The standard InChI is InChI=1S/C17H13Cl2N3O3/c1-24-16-8-11(2-5-15(16)25-7-6-20)10-21-22-17(23)12-3-4-13(18)14(19)9-12/h2-5,8-10H,7H2,1H3,(H,22,23)/b21-10-. The Balaban J connectivity index is 2.05. The van der Waals surface area contributed by atoms with Crippen LogP contribution in [0.1, 0.15) is 15.9 Å². The van der Waals surface area contributed by atoms with E-state index in [9.17, 15) is 4.79 Å². The molecule has 0 radical (unpaired) electrons. The fourth-order valence-corrected chi connectivity index (χ4v) is 2.16. The fourth-order valence-electron chi connectivity index (χ4n) is 1.86. The summed E-state index contributed by atoms with van der Waals surface area (Å²) < 4.78 is 10.4. The summed E-state index contributed by atoms with van der Waals surface area (Å²) in [5.74, 6) is 0.479. The van der Waals surface area contributed by atoms with Crippen molar-refractivity contribution in [3.05, 3.63) is 57.6 Å². The maximum absolute atomic E-state index is 12.0. The summed E-state index contributed by atoms with van der Waals surface area (Å²) in [6, 6.07) is 11.5. The minimum Gasteiger partial charge on any atom is -0.493 e. The maximum atomic E-state index is 12.0. The number of ether oxygens (including phenoxy) is 2. The molecule has 0 aliphatic rings. The zero-order chi connectivity index (χ0) is 18.2. The van der Waals surface area contributed by atoms with Gasteiger partial charge in [0.15, 0.2) is 18.1 Å². The summed E-state index contributed by atoms with van der Waals surface area (Å²) in [4.78, 5) is 12.0. The van der Waals surface area contributed by atoms with Crippen molar-refractivity contribution in [1.29, 1.82) is 5.26 Å². The maximum Gasteiger partial charge on any atom is 0.271 e. The smallest absolute Gasteiger partial charge is 0.271 e. The van der Waals surface area contributed by atoms with Crippen molar-refractivity contribution in [3.63, 3.8) is 0 Å². The first-order valence-corrected chi connectivity index (χ1v) is 7.77. The normalized spacial score (nSPS) is 10.3. The van der Waals surface area contributed by atoms with E-state index in [-0.39, 0.29) is 11.6 Å². The van der Waals surface area contributed by atoms with E-state index in [1.165, 1.54) is 25.5 Å². The number of nitriles is 1. The van der Waals surface area contributed by atoms with Gasteiger partial charge in [-0.05, 0) is 42.0 Å². The van der Waals surface area contributed by atoms with Gasteiger partial charge in [-0.3, -0.25) is 4.79 Å². The number of carbonyl (C=O) groups excluding carboxylic acids is 1. The van der Waals surface area contributed by atoms with Crippen molar-refractivity contribution < 1.29 is 14.3 Å². The van der Waals surface area contributed by atoms with Gasteiger partial charge in [0.05, 0.1) is 23.4 Å². The van der Waals surface area contributed by atoms with Gasteiger partial charge < -0.3 is 9.47 Å². The van der Waals surface area contributed by atoms with E-state index >= 15 is 0 Å². The van der Waals surface area contributed by atoms with Crippen LogP contribution in [0.25, 0.3) is 0 Å². The van der Waals surface area contributed by atoms with E-state index in [1.807, 2.05) is 6.07 Å². The molecule has 0 aromatic heterocycles. The summed E-state index contributed by atoms with van der Waals surface area (Å²) in [6.45, 7) is -0.0799. The monoisotopic (exact) mass is 377 g/mol. The third kappa shape index (κ3) is 5.11. The molecule has 0 fully saturated rings. The van der Waals surface area contributed by atoms with E-state index in [0.29, 0.717) is 27.6 Å². The Morgan fingerprint density at radius 3 is 2.72 bits per heavy atom. The number of hydrogen-bond donors (Lipinski definition) is 1. The Labute approximate surface area is 154 Å². The van der Waals surface area contributed by atoms with E-state index in [2.05, 4.69) is 10.5 Å². The Morgan fingerprint density at radius 1 is 1.24 bits per heavy atom. The van der Waals surface area contributed by atoms with Crippen LogP contribution >= 0.6 is 23.2 Å². The lowest BCUT2D eigenvalue weighted by atomic mass is 10.2. The van der Waals surface area contributed by atoms with Gasteiger partial charge in [0.25, 0.3) is 5.91 Å². The van der Waals surface area contributed by atoms with Crippen molar-refractivity contribution in [2.75, 3.05) is 13.7 Å². The van der Waals surface area contributed by atoms with Crippen LogP contribution in [-0.4, -0.2) is 25.8 Å². The predicted molar refractivity (Wildman–Crippen MR) is 95.6 cm³/mol. The number of nitrogens with zero attached hydrogens (tertiary/aromatic N) is 2. The van der Waals surface area contributed by atoms with Crippen LogP contribution in [0, 0.1) is 11.3 Å². The number of benzene rings is 2. The van der Waals surface area contributed by atoms with Gasteiger partial charge in [-0.15, -0.1) is 0 Å². The molecule has 8 heteroatoms. The Morgan fingerprint density at radius 2 is 2.04 bits per heavy atom. The lowest BCUT2D eigenvalue weighted by Crippen LogP contribution is -2.17. The SMILES string of the molecule is COc1cc(/C=N\NC(=O)c2ccc(Cl)c(Cl)c2)ccc1OCC#N. The van der Waals surface area contributed by atoms with Gasteiger partial charge in [0.1, 0.15) is 6.07 Å². The summed E-state index contributed by atoms with van der Waals surface area (Å²) in [5.41, 5.74) is 3.41. The highest BCUT2D eigenvalue weighted by atomic mass is 35.5. The van der Waals surface area contributed by atoms with Gasteiger partial charge in [-0.1, -0.05) is 23.2 Å². The van der Waals surface area contributed by atoms with Crippen LogP contribution < -0.4 is 14.9 Å². The topological polar surface area (TPSA) is 83.7 Å². The van der Waals surface area contributed by atoms with Crippen LogP contribution in [0.3, 0.4) is 0 Å². The molecule has 25 heavy (non-hydrogen) atoms. The van der Waals surface area contributed by atoms with Gasteiger partial charge >= 0.3 is 0 Å². The second-order valence-electron chi connectivity index (χ2n) is 4.69. The minimum atomic E-state index is -0.421. The van der Waals surface area contributed by atoms with Crippen LogP contribution in [0.5, 0.6) is 11.5 Å². The molecule has 0 aliphatic heterocycles. The highest BCUT2D eigenvalue weighted by molar-refractivity contribution is 6.42. The first kappa shape index (κ1) is 18.6. The summed E-state index contributed by atoms with van der Waals surface area (Å²) in [6.07, 6.45) is 1.45. The Hall–Kier alpha value is -2.75. The van der Waals surface area contributed by atoms with Crippen LogP contribution in [0.15, 0.2) is 41.5 Å². The van der Waals surface area contributed by atoms with Crippen LogP contribution in [0.2, 0.25) is 10.0 Å². The van der Waals surface area contributed by atoms with E-state index in [4.69, 9.17) is 37.9 Å². The third-order valence-electron chi connectivity index (χ3n) is 3.04. The number of nitrogens with one attached hydrogen (secondary N) is 1. The molecule has 0 atom stereocenters. The molecule has 1 N–H and O–H groups in total. The molecule has 2 aromatic carbocycles. The Kier molecular flexibility index (Phi) is 6.63. The molecule has 1 amide bonds. The van der Waals surface area contributed by atoms with Crippen LogP contribution in [0.4, 0.5) is 0 Å². The third-order valence-corrected chi connectivity index (χ3v) is 3.78. The van der Waals surface area contributed by atoms with Crippen molar-refractivity contribution in [2.24, 2.45) is 5.10 Å². The second kappa shape index (κ2) is 8.92. The largest absolute Gasteiger partial charge is 0.493 e. The number of rotatable bonds is 6. The van der Waals surface area contributed by atoms with Gasteiger partial charge in [0, 0.05) is 5.56 Å². The number of hydrogen-bond acceptors (Lipinski definition) is 5. The molecule has 0 spiro atoms. The molecule has 0 heterocycles. The molecular weight excluding hydrogens is 365 g/mol. The number of methoxy groups -OCH3 is 1. The van der Waals surface area contributed by atoms with Gasteiger partial charge in [-0.2, -0.15) is 10.4 Å². The molecule has 0 aliphatic carbocycles. The van der Waals surface area contributed by atoms with Crippen molar-refractivity contribution in [2.45, 2.75) is 0 Å². The number of halogens is 2. The minimum absolute atomic E-state index is 0.0799. The van der Waals surface area contributed by atoms with E-state index in [1.54, 1.807) is 24.3 Å². The first-order chi connectivity index (χ1) is 12.0. The average Bonchev–Trinajstić information content (AvgIpc) is 2.62. The van der Waals surface area contributed by atoms with Gasteiger partial charge in [-0.25, -0.2) is 5.43 Å². The fraction of sp³-hybridized carbons (Fsp3) is 0.118. The molecule has 6 nitrogen and oxygen atoms in total. The zero-order valence-corrected chi connectivity index (χ0v) is 14.6. The first-order valence-electron chi connectivity index (χ1n) is 7.01. The molecule has 0 saturated heterocycles. The molecule has 0 unspecified atom stereocenters. The number of amides is 1. The lowest BCUT2D eigenvalue weighted by molar-refractivity contribution is 0.0955. The summed E-state index contributed by atoms with van der Waals surface area (Å²) in [7, 11) is 1.49. The van der Waals surface area contributed by atoms with Gasteiger partial charge in [0.2, 0.25) is 0 Å².